The van der Waals surface area contributed by atoms with Gasteiger partial charge in [-0.1, -0.05) is 72.8 Å². The van der Waals surface area contributed by atoms with Crippen molar-refractivity contribution in [2.24, 2.45) is 5.41 Å². The summed E-state index contributed by atoms with van der Waals surface area (Å²) in [6.45, 7) is 2.22. The lowest BCUT2D eigenvalue weighted by Crippen LogP contribution is -2.72. The monoisotopic (exact) mass is 542 g/mol. The lowest BCUT2D eigenvalue weighted by atomic mass is 9.71. The van der Waals surface area contributed by atoms with E-state index < -0.39 is 28.8 Å². The molecule has 2 amide bonds. The number of carbonyl (C=O) groups excluding carboxylic acids is 4. The quantitative estimate of drug-likeness (QED) is 0.220. The van der Waals surface area contributed by atoms with Gasteiger partial charge in [-0.25, -0.2) is 4.90 Å². The molecule has 0 N–H and O–H groups in total. The standard InChI is InChI=1S/C35H30N2O4/c1-21(38)35(22(2)39)33(40)37(34(35)41)26-19-15-24(16-20-26)31(23-13-17-25(18-14-23)36(3)4)32-29-11-7-5-9-27(29)28-10-6-8-12-30(28)32/h5-20,31-32H,1-4H3. The highest BCUT2D eigenvalue weighted by Crippen LogP contribution is 2.53. The minimum absolute atomic E-state index is 0.0498. The number of ketones is 2. The van der Waals surface area contributed by atoms with Crippen molar-refractivity contribution >= 4 is 34.8 Å². The Kier molecular flexibility index (Phi) is 6.22. The van der Waals surface area contributed by atoms with Gasteiger partial charge in [0.1, 0.15) is 0 Å². The van der Waals surface area contributed by atoms with Crippen LogP contribution in [-0.2, 0) is 19.2 Å². The molecule has 1 saturated heterocycles. The number of hydrogen-bond donors (Lipinski definition) is 0. The van der Waals surface area contributed by atoms with E-state index in [1.807, 2.05) is 26.2 Å². The molecular formula is C35H30N2O4. The zero-order chi connectivity index (χ0) is 29.1. The number of anilines is 2. The summed E-state index contributed by atoms with van der Waals surface area (Å²) in [4.78, 5) is 53.5. The Labute approximate surface area is 239 Å². The number of benzene rings is 4. The van der Waals surface area contributed by atoms with Crippen LogP contribution < -0.4 is 9.80 Å². The molecule has 4 aromatic carbocycles. The molecular weight excluding hydrogens is 512 g/mol. The maximum absolute atomic E-state index is 13.0. The van der Waals surface area contributed by atoms with E-state index >= 15 is 0 Å². The summed E-state index contributed by atoms with van der Waals surface area (Å²) in [7, 11) is 4.03. The van der Waals surface area contributed by atoms with Crippen molar-refractivity contribution in [1.29, 1.82) is 0 Å². The fourth-order valence-corrected chi connectivity index (χ4v) is 6.49. The minimum Gasteiger partial charge on any atom is -0.378 e. The van der Waals surface area contributed by atoms with Gasteiger partial charge in [-0.3, -0.25) is 19.2 Å². The Bertz CT molecular complexity index is 1640. The number of hydrogen-bond acceptors (Lipinski definition) is 5. The molecule has 2 aliphatic rings. The smallest absolute Gasteiger partial charge is 0.264 e. The van der Waals surface area contributed by atoms with Crippen LogP contribution in [0.1, 0.15) is 47.9 Å². The molecule has 0 spiro atoms. The Hall–Kier alpha value is -4.84. The van der Waals surface area contributed by atoms with E-state index in [0.717, 1.165) is 35.6 Å². The lowest BCUT2D eigenvalue weighted by molar-refractivity contribution is -0.161. The van der Waals surface area contributed by atoms with Crippen LogP contribution in [0.3, 0.4) is 0 Å². The van der Waals surface area contributed by atoms with Crippen molar-refractivity contribution in [1.82, 2.24) is 0 Å². The predicted octanol–water partition coefficient (Wildman–Crippen LogP) is 5.73. The van der Waals surface area contributed by atoms with Crippen LogP contribution >= 0.6 is 0 Å². The van der Waals surface area contributed by atoms with Crippen molar-refractivity contribution < 1.29 is 19.2 Å². The molecule has 1 atom stereocenters. The van der Waals surface area contributed by atoms with Crippen LogP contribution in [-0.4, -0.2) is 37.5 Å². The number of fused-ring (bicyclic) bond motifs is 3. The second-order valence-electron chi connectivity index (χ2n) is 11.0. The van der Waals surface area contributed by atoms with Crippen molar-refractivity contribution in [3.63, 3.8) is 0 Å². The zero-order valence-electron chi connectivity index (χ0n) is 23.4. The Morgan fingerprint density at radius 2 is 1.12 bits per heavy atom. The van der Waals surface area contributed by atoms with Crippen molar-refractivity contribution in [2.75, 3.05) is 23.9 Å². The third-order valence-corrected chi connectivity index (χ3v) is 8.60. The van der Waals surface area contributed by atoms with Gasteiger partial charge in [0.2, 0.25) is 5.41 Å². The molecule has 1 aliphatic carbocycles. The van der Waals surface area contributed by atoms with E-state index in [9.17, 15) is 19.2 Å². The molecule has 0 saturated carbocycles. The van der Waals surface area contributed by atoms with Gasteiger partial charge in [-0.05, 0) is 71.5 Å². The number of nitrogens with zero attached hydrogens (tertiary/aromatic N) is 2. The number of carbonyl (C=O) groups is 4. The Morgan fingerprint density at radius 1 is 0.683 bits per heavy atom. The van der Waals surface area contributed by atoms with Gasteiger partial charge < -0.3 is 4.90 Å². The normalized spacial score (nSPS) is 16.0. The van der Waals surface area contributed by atoms with Crippen molar-refractivity contribution in [3.8, 4) is 11.1 Å². The molecule has 0 radical (unpaired) electrons. The third kappa shape index (κ3) is 3.78. The summed E-state index contributed by atoms with van der Waals surface area (Å²) in [5.74, 6) is -3.06. The SMILES string of the molecule is CC(=O)C1(C(C)=O)C(=O)N(c2ccc(C(c3ccc(N(C)C)cc3)C3c4ccccc4-c4ccccc43)cc2)C1=O. The van der Waals surface area contributed by atoms with E-state index in [0.29, 0.717) is 5.69 Å². The minimum atomic E-state index is -2.22. The van der Waals surface area contributed by atoms with E-state index in [4.69, 9.17) is 0 Å². The molecule has 1 heterocycles. The van der Waals surface area contributed by atoms with E-state index in [1.54, 1.807) is 12.1 Å². The number of Topliss-reactive ketones (excluding diaryl/α,β-unsaturated/α-hetero) is 2. The topological polar surface area (TPSA) is 74.8 Å². The Morgan fingerprint density at radius 3 is 1.56 bits per heavy atom. The van der Waals surface area contributed by atoms with Crippen LogP contribution in [0.2, 0.25) is 0 Å². The largest absolute Gasteiger partial charge is 0.378 e. The van der Waals surface area contributed by atoms with Crippen LogP contribution in [0, 0.1) is 5.41 Å². The lowest BCUT2D eigenvalue weighted by Gasteiger charge is -2.42. The molecule has 1 fully saturated rings. The molecule has 6 nitrogen and oxygen atoms in total. The van der Waals surface area contributed by atoms with Gasteiger partial charge in [-0.15, -0.1) is 0 Å². The molecule has 1 aliphatic heterocycles. The van der Waals surface area contributed by atoms with Crippen LogP contribution in [0.15, 0.2) is 97.1 Å². The molecule has 0 bridgehead atoms. The average Bonchev–Trinajstić information content (AvgIpc) is 3.28. The number of rotatable bonds is 7. The van der Waals surface area contributed by atoms with Gasteiger partial charge in [-0.2, -0.15) is 0 Å². The maximum atomic E-state index is 13.0. The fourth-order valence-electron chi connectivity index (χ4n) is 6.49. The molecule has 6 heteroatoms. The first-order chi connectivity index (χ1) is 19.7. The van der Waals surface area contributed by atoms with Gasteiger partial charge in [0.25, 0.3) is 11.8 Å². The first-order valence-electron chi connectivity index (χ1n) is 13.6. The third-order valence-electron chi connectivity index (χ3n) is 8.60. The van der Waals surface area contributed by atoms with Crippen molar-refractivity contribution in [2.45, 2.75) is 25.7 Å². The summed E-state index contributed by atoms with van der Waals surface area (Å²) >= 11 is 0. The van der Waals surface area contributed by atoms with E-state index in [2.05, 4.69) is 77.7 Å². The fraction of sp³-hybridized carbons (Fsp3) is 0.200. The van der Waals surface area contributed by atoms with Gasteiger partial charge in [0.15, 0.2) is 11.6 Å². The number of amides is 2. The highest BCUT2D eigenvalue weighted by Gasteiger charge is 2.68. The predicted molar refractivity (Wildman–Crippen MR) is 159 cm³/mol. The molecule has 6 rings (SSSR count). The van der Waals surface area contributed by atoms with Crippen LogP contribution in [0.4, 0.5) is 11.4 Å². The second-order valence-corrected chi connectivity index (χ2v) is 11.0. The molecule has 204 valence electrons. The summed E-state index contributed by atoms with van der Waals surface area (Å²) in [5.41, 5.74) is 6.34. The summed E-state index contributed by atoms with van der Waals surface area (Å²) in [5, 5.41) is 0. The maximum Gasteiger partial charge on any atom is 0.264 e. The highest BCUT2D eigenvalue weighted by atomic mass is 16.2. The molecule has 0 aromatic heterocycles. The Balaban J connectivity index is 1.45. The van der Waals surface area contributed by atoms with Crippen LogP contribution in [0.5, 0.6) is 0 Å². The number of imide groups is 1. The first-order valence-corrected chi connectivity index (χ1v) is 13.6. The zero-order valence-corrected chi connectivity index (χ0v) is 23.4. The first kappa shape index (κ1) is 26.4. The second kappa shape index (κ2) is 9.66. The van der Waals surface area contributed by atoms with E-state index in [1.165, 1.54) is 22.3 Å². The highest BCUT2D eigenvalue weighted by molar-refractivity contribution is 6.54. The molecule has 4 aromatic rings. The average molecular weight is 543 g/mol. The van der Waals surface area contributed by atoms with Gasteiger partial charge >= 0.3 is 0 Å². The molecule has 1 unspecified atom stereocenters. The van der Waals surface area contributed by atoms with Crippen molar-refractivity contribution in [3.05, 3.63) is 119 Å². The van der Waals surface area contributed by atoms with Gasteiger partial charge in [0.05, 0.1) is 5.69 Å². The summed E-state index contributed by atoms with van der Waals surface area (Å²) < 4.78 is 0. The summed E-state index contributed by atoms with van der Waals surface area (Å²) in [6.07, 6.45) is 0. The van der Waals surface area contributed by atoms with Gasteiger partial charge in [0, 0.05) is 31.6 Å². The van der Waals surface area contributed by atoms with E-state index in [-0.39, 0.29) is 11.8 Å². The summed E-state index contributed by atoms with van der Waals surface area (Å²) in [6, 6.07) is 32.9. The molecule has 41 heavy (non-hydrogen) atoms. The van der Waals surface area contributed by atoms with Crippen LogP contribution in [0.25, 0.3) is 11.1 Å². The number of β-lactam (4-membered cyclic amide) rings is 2.